The highest BCUT2D eigenvalue weighted by molar-refractivity contribution is 5.88. The van der Waals surface area contributed by atoms with Gasteiger partial charge in [-0.3, -0.25) is 4.79 Å². The molecule has 1 aromatic rings. The van der Waals surface area contributed by atoms with E-state index in [0.29, 0.717) is 12.0 Å². The van der Waals surface area contributed by atoms with Crippen LogP contribution < -0.4 is 11.5 Å². The summed E-state index contributed by atoms with van der Waals surface area (Å²) in [4.78, 5) is 13.9. The first-order valence-electron chi connectivity index (χ1n) is 2.71. The molecule has 0 saturated heterocycles. The van der Waals surface area contributed by atoms with E-state index in [1.165, 1.54) is 12.3 Å². The molecule has 0 amide bonds. The van der Waals surface area contributed by atoms with Crippen LogP contribution >= 0.6 is 0 Å². The van der Waals surface area contributed by atoms with Gasteiger partial charge in [-0.1, -0.05) is 0 Å². The second-order valence-electron chi connectivity index (χ2n) is 1.82. The van der Waals surface area contributed by atoms with Crippen LogP contribution in [0.25, 0.3) is 0 Å². The van der Waals surface area contributed by atoms with Gasteiger partial charge < -0.3 is 11.5 Å². The number of rotatable bonds is 1. The maximum absolute atomic E-state index is 10.2. The highest BCUT2D eigenvalue weighted by Gasteiger charge is 2.00. The molecule has 4 nitrogen and oxygen atoms in total. The van der Waals surface area contributed by atoms with Crippen molar-refractivity contribution >= 4 is 17.8 Å². The van der Waals surface area contributed by atoms with Crippen molar-refractivity contribution in [1.29, 1.82) is 0 Å². The van der Waals surface area contributed by atoms with Crippen LogP contribution in [0.3, 0.4) is 0 Å². The van der Waals surface area contributed by atoms with E-state index in [1.807, 2.05) is 0 Å². The largest absolute Gasteiger partial charge is 0.398 e. The lowest BCUT2D eigenvalue weighted by atomic mass is 10.2. The summed E-state index contributed by atoms with van der Waals surface area (Å²) in [6.45, 7) is 0. The molecule has 10 heavy (non-hydrogen) atoms. The van der Waals surface area contributed by atoms with Crippen molar-refractivity contribution in [3.05, 3.63) is 17.8 Å². The van der Waals surface area contributed by atoms with Crippen LogP contribution in [-0.2, 0) is 0 Å². The maximum Gasteiger partial charge on any atom is 0.155 e. The molecule has 0 spiro atoms. The molecule has 0 fully saturated rings. The molecule has 0 aliphatic heterocycles. The molecule has 0 saturated carbocycles. The lowest BCUT2D eigenvalue weighted by Crippen LogP contribution is -2.00. The minimum absolute atomic E-state index is 0.176. The van der Waals surface area contributed by atoms with Crippen molar-refractivity contribution in [1.82, 2.24) is 4.98 Å². The molecule has 0 unspecified atom stereocenters. The van der Waals surface area contributed by atoms with Crippen molar-refractivity contribution in [2.45, 2.75) is 0 Å². The fourth-order valence-electron chi connectivity index (χ4n) is 0.633. The zero-order valence-electron chi connectivity index (χ0n) is 5.24. The Kier molecular flexibility index (Phi) is 1.53. The predicted octanol–water partition coefficient (Wildman–Crippen LogP) is 0.0585. The van der Waals surface area contributed by atoms with Gasteiger partial charge in [0.15, 0.2) is 6.29 Å². The molecule has 52 valence electrons. The third-order valence-electron chi connectivity index (χ3n) is 1.17. The van der Waals surface area contributed by atoms with E-state index in [2.05, 4.69) is 4.98 Å². The van der Waals surface area contributed by atoms with Crippen LogP contribution in [-0.4, -0.2) is 11.3 Å². The second kappa shape index (κ2) is 2.34. The zero-order valence-corrected chi connectivity index (χ0v) is 5.24. The van der Waals surface area contributed by atoms with Gasteiger partial charge >= 0.3 is 0 Å². The van der Waals surface area contributed by atoms with Gasteiger partial charge in [0.25, 0.3) is 0 Å². The van der Waals surface area contributed by atoms with E-state index < -0.39 is 0 Å². The molecule has 4 N–H and O–H groups in total. The minimum atomic E-state index is 0.176. The predicted molar refractivity (Wildman–Crippen MR) is 38.4 cm³/mol. The summed E-state index contributed by atoms with van der Waals surface area (Å²) in [7, 11) is 0. The van der Waals surface area contributed by atoms with Crippen molar-refractivity contribution in [2.75, 3.05) is 11.5 Å². The Morgan fingerprint density at radius 2 is 2.20 bits per heavy atom. The Morgan fingerprint density at radius 1 is 1.50 bits per heavy atom. The molecule has 0 aromatic carbocycles. The first-order chi connectivity index (χ1) is 4.75. The summed E-state index contributed by atoms with van der Waals surface area (Å²) in [6.07, 6.45) is 2.05. The number of pyridine rings is 1. The summed E-state index contributed by atoms with van der Waals surface area (Å²) in [6, 6.07) is 1.53. The fraction of sp³-hybridized carbons (Fsp3) is 0. The number of nitrogen functional groups attached to an aromatic ring is 2. The first-order valence-corrected chi connectivity index (χ1v) is 2.71. The summed E-state index contributed by atoms with van der Waals surface area (Å²) < 4.78 is 0. The molecular formula is C6H7N3O. The van der Waals surface area contributed by atoms with Gasteiger partial charge in [-0.25, -0.2) is 4.98 Å². The first kappa shape index (κ1) is 6.54. The van der Waals surface area contributed by atoms with Gasteiger partial charge in [0.05, 0.1) is 5.56 Å². The number of aromatic nitrogens is 1. The number of anilines is 2. The normalized spacial score (nSPS) is 9.20. The van der Waals surface area contributed by atoms with Gasteiger partial charge in [-0.15, -0.1) is 0 Å². The number of aldehydes is 1. The van der Waals surface area contributed by atoms with E-state index >= 15 is 0 Å². The third-order valence-corrected chi connectivity index (χ3v) is 1.17. The quantitative estimate of drug-likeness (QED) is 0.536. The summed E-state index contributed by atoms with van der Waals surface area (Å²) >= 11 is 0. The average Bonchev–Trinajstić information content (AvgIpc) is 1.88. The zero-order chi connectivity index (χ0) is 7.56. The average molecular weight is 137 g/mol. The molecular weight excluding hydrogens is 130 g/mol. The van der Waals surface area contributed by atoms with E-state index in [-0.39, 0.29) is 11.4 Å². The highest BCUT2D eigenvalue weighted by atomic mass is 16.1. The number of nitrogens with two attached hydrogens (primary N) is 2. The summed E-state index contributed by atoms with van der Waals surface area (Å²) in [5, 5.41) is 0. The van der Waals surface area contributed by atoms with Crippen LogP contribution in [0.15, 0.2) is 12.3 Å². The number of nitrogens with zero attached hydrogens (tertiary/aromatic N) is 1. The number of hydrogen-bond acceptors (Lipinski definition) is 4. The van der Waals surface area contributed by atoms with Gasteiger partial charge in [0, 0.05) is 11.9 Å². The Hall–Kier alpha value is -1.58. The van der Waals surface area contributed by atoms with Crippen molar-refractivity contribution in [2.24, 2.45) is 0 Å². The van der Waals surface area contributed by atoms with Gasteiger partial charge in [0.2, 0.25) is 0 Å². The topological polar surface area (TPSA) is 82.0 Å². The van der Waals surface area contributed by atoms with Crippen LogP contribution in [0.1, 0.15) is 10.4 Å². The Balaban J connectivity index is 3.30. The monoisotopic (exact) mass is 137 g/mol. The van der Waals surface area contributed by atoms with E-state index in [4.69, 9.17) is 11.5 Å². The standard InChI is InChI=1S/C6H7N3O/c7-5-1-2-9-6(8)4(5)3-10/h1-3H,(H4,7,8,9). The van der Waals surface area contributed by atoms with Crippen molar-refractivity contribution < 1.29 is 4.79 Å². The van der Waals surface area contributed by atoms with E-state index in [9.17, 15) is 4.79 Å². The number of hydrogen-bond donors (Lipinski definition) is 2. The Labute approximate surface area is 57.9 Å². The van der Waals surface area contributed by atoms with Crippen LogP contribution in [0, 0.1) is 0 Å². The molecule has 1 rings (SSSR count). The molecule has 4 heteroatoms. The second-order valence-corrected chi connectivity index (χ2v) is 1.82. The molecule has 0 bridgehead atoms. The van der Waals surface area contributed by atoms with E-state index in [0.717, 1.165) is 0 Å². The third kappa shape index (κ3) is 0.907. The van der Waals surface area contributed by atoms with Crippen molar-refractivity contribution in [3.63, 3.8) is 0 Å². The maximum atomic E-state index is 10.2. The minimum Gasteiger partial charge on any atom is -0.398 e. The lowest BCUT2D eigenvalue weighted by molar-refractivity contribution is 0.112. The highest BCUT2D eigenvalue weighted by Crippen LogP contribution is 2.12. The smallest absolute Gasteiger partial charge is 0.155 e. The van der Waals surface area contributed by atoms with Gasteiger partial charge in [0.1, 0.15) is 5.82 Å². The van der Waals surface area contributed by atoms with Gasteiger partial charge in [-0.2, -0.15) is 0 Å². The van der Waals surface area contributed by atoms with Crippen molar-refractivity contribution in [3.8, 4) is 0 Å². The van der Waals surface area contributed by atoms with Crippen LogP contribution in [0.5, 0.6) is 0 Å². The van der Waals surface area contributed by atoms with Crippen LogP contribution in [0.4, 0.5) is 11.5 Å². The number of carbonyl (C=O) groups is 1. The summed E-state index contributed by atoms with van der Waals surface area (Å²) in [5.74, 6) is 0.176. The van der Waals surface area contributed by atoms with Crippen LogP contribution in [0.2, 0.25) is 0 Å². The molecule has 0 atom stereocenters. The van der Waals surface area contributed by atoms with Gasteiger partial charge in [-0.05, 0) is 6.07 Å². The summed E-state index contributed by atoms with van der Waals surface area (Å²) in [5.41, 5.74) is 11.3. The lowest BCUT2D eigenvalue weighted by Gasteiger charge is -1.98. The Bertz CT molecular complexity index is 239. The molecule has 0 aliphatic carbocycles. The molecule has 0 aliphatic rings. The molecule has 0 radical (unpaired) electrons. The van der Waals surface area contributed by atoms with E-state index in [1.54, 1.807) is 0 Å². The fourth-order valence-corrected chi connectivity index (χ4v) is 0.633. The Morgan fingerprint density at radius 3 is 2.60 bits per heavy atom. The molecule has 1 aromatic heterocycles. The molecule has 1 heterocycles. The number of carbonyl (C=O) groups excluding carboxylic acids is 1. The SMILES string of the molecule is Nc1ccnc(N)c1C=O.